The molecule has 1 aromatic heterocycles. The Kier molecular flexibility index (Phi) is 2.96. The normalized spacial score (nSPS) is 10.1. The fraction of sp³-hybridized carbons (Fsp3) is 0.571. The van der Waals surface area contributed by atoms with Crippen molar-refractivity contribution in [2.24, 2.45) is 0 Å². The number of rotatable bonds is 4. The van der Waals surface area contributed by atoms with Gasteiger partial charge in [0.2, 0.25) is 0 Å². The van der Waals surface area contributed by atoms with Gasteiger partial charge in [0.05, 0.1) is 6.20 Å². The molecule has 0 saturated carbocycles. The molecule has 0 amide bonds. The van der Waals surface area contributed by atoms with Crippen LogP contribution in [-0.4, -0.2) is 23.9 Å². The Morgan fingerprint density at radius 3 is 3.20 bits per heavy atom. The molecule has 0 spiro atoms. The van der Waals surface area contributed by atoms with Crippen LogP contribution >= 0.6 is 0 Å². The highest BCUT2D eigenvalue weighted by Gasteiger charge is 1.91. The lowest BCUT2D eigenvalue weighted by Gasteiger charge is -1.94. The van der Waals surface area contributed by atoms with Gasteiger partial charge in [0.1, 0.15) is 0 Å². The first-order valence-corrected chi connectivity index (χ1v) is 3.40. The van der Waals surface area contributed by atoms with Crippen LogP contribution in [0.2, 0.25) is 0 Å². The molecule has 1 rings (SSSR count). The first-order valence-electron chi connectivity index (χ1n) is 3.40. The highest BCUT2D eigenvalue weighted by atomic mass is 16.5. The van der Waals surface area contributed by atoms with Crippen molar-refractivity contribution in [1.82, 2.24) is 10.2 Å². The number of nitrogens with zero attached hydrogens (tertiary/aromatic N) is 1. The number of aromatic amines is 1. The van der Waals surface area contributed by atoms with E-state index in [4.69, 9.17) is 4.74 Å². The number of ether oxygens (including phenoxy) is 1. The van der Waals surface area contributed by atoms with Crippen molar-refractivity contribution in [2.45, 2.75) is 12.8 Å². The van der Waals surface area contributed by atoms with Crippen molar-refractivity contribution < 1.29 is 4.74 Å². The van der Waals surface area contributed by atoms with Crippen LogP contribution in [0, 0.1) is 0 Å². The molecule has 1 heterocycles. The summed E-state index contributed by atoms with van der Waals surface area (Å²) in [6.45, 7) is 0.825. The second-order valence-corrected chi connectivity index (χ2v) is 2.20. The predicted molar refractivity (Wildman–Crippen MR) is 38.8 cm³/mol. The standard InChI is InChI=1S/C7H12N2O/c1-10-4-2-3-7-5-8-9-6-7/h5-6H,2-4H2,1H3,(H,8,9). The molecule has 0 aliphatic rings. The van der Waals surface area contributed by atoms with Crippen molar-refractivity contribution in [3.8, 4) is 0 Å². The lowest BCUT2D eigenvalue weighted by atomic mass is 10.2. The van der Waals surface area contributed by atoms with Crippen molar-refractivity contribution >= 4 is 0 Å². The molecule has 0 unspecified atom stereocenters. The molecular weight excluding hydrogens is 128 g/mol. The first kappa shape index (κ1) is 7.28. The Morgan fingerprint density at radius 1 is 1.70 bits per heavy atom. The van der Waals surface area contributed by atoms with Gasteiger partial charge in [-0.05, 0) is 18.4 Å². The predicted octanol–water partition coefficient (Wildman–Crippen LogP) is 0.989. The van der Waals surface area contributed by atoms with E-state index in [1.807, 2.05) is 12.4 Å². The average Bonchev–Trinajstić information content (AvgIpc) is 2.41. The minimum absolute atomic E-state index is 0.825. The molecule has 1 N–H and O–H groups in total. The summed E-state index contributed by atoms with van der Waals surface area (Å²) in [5, 5.41) is 6.60. The number of methoxy groups -OCH3 is 1. The molecule has 3 nitrogen and oxygen atoms in total. The zero-order chi connectivity index (χ0) is 7.23. The van der Waals surface area contributed by atoms with E-state index >= 15 is 0 Å². The third-order valence-electron chi connectivity index (χ3n) is 1.37. The van der Waals surface area contributed by atoms with E-state index in [0.717, 1.165) is 19.4 Å². The van der Waals surface area contributed by atoms with Crippen molar-refractivity contribution in [2.75, 3.05) is 13.7 Å². The maximum Gasteiger partial charge on any atom is 0.0519 e. The Bertz CT molecular complexity index is 160. The van der Waals surface area contributed by atoms with Crippen molar-refractivity contribution in [3.05, 3.63) is 18.0 Å². The van der Waals surface area contributed by atoms with Gasteiger partial charge in [-0.1, -0.05) is 0 Å². The number of nitrogens with one attached hydrogen (secondary N) is 1. The molecule has 3 heteroatoms. The maximum atomic E-state index is 4.91. The number of aromatic nitrogens is 2. The van der Waals surface area contributed by atoms with Gasteiger partial charge in [0, 0.05) is 19.9 Å². The summed E-state index contributed by atoms with van der Waals surface area (Å²) >= 11 is 0. The maximum absolute atomic E-state index is 4.91. The number of H-pyrrole nitrogens is 1. The second kappa shape index (κ2) is 4.06. The van der Waals surface area contributed by atoms with Gasteiger partial charge in [-0.25, -0.2) is 0 Å². The molecule has 0 saturated heterocycles. The quantitative estimate of drug-likeness (QED) is 0.633. The molecular formula is C7H12N2O. The summed E-state index contributed by atoms with van der Waals surface area (Å²) in [7, 11) is 1.72. The molecule has 10 heavy (non-hydrogen) atoms. The van der Waals surface area contributed by atoms with Crippen LogP contribution in [0.25, 0.3) is 0 Å². The zero-order valence-electron chi connectivity index (χ0n) is 6.13. The highest BCUT2D eigenvalue weighted by molar-refractivity contribution is 5.01. The molecule has 0 atom stereocenters. The number of hydrogen-bond donors (Lipinski definition) is 1. The average molecular weight is 140 g/mol. The lowest BCUT2D eigenvalue weighted by molar-refractivity contribution is 0.195. The van der Waals surface area contributed by atoms with E-state index in [1.54, 1.807) is 7.11 Å². The molecule has 0 radical (unpaired) electrons. The number of hydrogen-bond acceptors (Lipinski definition) is 2. The monoisotopic (exact) mass is 140 g/mol. The molecule has 0 aliphatic heterocycles. The SMILES string of the molecule is COCCCc1cn[nH]c1. The van der Waals surface area contributed by atoms with Gasteiger partial charge in [0.15, 0.2) is 0 Å². The van der Waals surface area contributed by atoms with E-state index in [1.165, 1.54) is 5.56 Å². The van der Waals surface area contributed by atoms with Crippen molar-refractivity contribution in [3.63, 3.8) is 0 Å². The Labute approximate surface area is 60.4 Å². The topological polar surface area (TPSA) is 37.9 Å². The summed E-state index contributed by atoms with van der Waals surface area (Å²) in [5.74, 6) is 0. The first-order chi connectivity index (χ1) is 4.93. The van der Waals surface area contributed by atoms with Gasteiger partial charge < -0.3 is 4.74 Å². The molecule has 0 aliphatic carbocycles. The summed E-state index contributed by atoms with van der Waals surface area (Å²) in [4.78, 5) is 0. The molecule has 0 bridgehead atoms. The van der Waals surface area contributed by atoms with Crippen LogP contribution in [0.5, 0.6) is 0 Å². The second-order valence-electron chi connectivity index (χ2n) is 2.20. The summed E-state index contributed by atoms with van der Waals surface area (Å²) in [5.41, 5.74) is 1.25. The van der Waals surface area contributed by atoms with E-state index < -0.39 is 0 Å². The minimum Gasteiger partial charge on any atom is -0.385 e. The molecule has 0 fully saturated rings. The Balaban J connectivity index is 2.15. The van der Waals surface area contributed by atoms with Gasteiger partial charge in [-0.3, -0.25) is 5.10 Å². The van der Waals surface area contributed by atoms with Crippen LogP contribution in [0.15, 0.2) is 12.4 Å². The minimum atomic E-state index is 0.825. The van der Waals surface area contributed by atoms with Crippen LogP contribution < -0.4 is 0 Å². The van der Waals surface area contributed by atoms with Crippen molar-refractivity contribution in [1.29, 1.82) is 0 Å². The zero-order valence-corrected chi connectivity index (χ0v) is 6.13. The van der Waals surface area contributed by atoms with Gasteiger partial charge in [0.25, 0.3) is 0 Å². The van der Waals surface area contributed by atoms with Crippen LogP contribution in [0.3, 0.4) is 0 Å². The highest BCUT2D eigenvalue weighted by Crippen LogP contribution is 1.97. The summed E-state index contributed by atoms with van der Waals surface area (Å²) in [6.07, 6.45) is 5.87. The third-order valence-corrected chi connectivity index (χ3v) is 1.37. The molecule has 1 aromatic rings. The summed E-state index contributed by atoms with van der Waals surface area (Å²) < 4.78 is 4.91. The van der Waals surface area contributed by atoms with Gasteiger partial charge in [-0.15, -0.1) is 0 Å². The van der Waals surface area contributed by atoms with Crippen LogP contribution in [-0.2, 0) is 11.2 Å². The van der Waals surface area contributed by atoms with E-state index in [0.29, 0.717) is 0 Å². The number of aryl methyl sites for hydroxylation is 1. The van der Waals surface area contributed by atoms with Gasteiger partial charge in [-0.2, -0.15) is 5.10 Å². The smallest absolute Gasteiger partial charge is 0.0519 e. The Morgan fingerprint density at radius 2 is 2.60 bits per heavy atom. The fourth-order valence-electron chi connectivity index (χ4n) is 0.835. The fourth-order valence-corrected chi connectivity index (χ4v) is 0.835. The van der Waals surface area contributed by atoms with E-state index in [2.05, 4.69) is 10.2 Å². The van der Waals surface area contributed by atoms with E-state index in [9.17, 15) is 0 Å². The Hall–Kier alpha value is -0.830. The summed E-state index contributed by atoms with van der Waals surface area (Å²) in [6, 6.07) is 0. The van der Waals surface area contributed by atoms with E-state index in [-0.39, 0.29) is 0 Å². The largest absolute Gasteiger partial charge is 0.385 e. The molecule has 56 valence electrons. The van der Waals surface area contributed by atoms with Crippen LogP contribution in [0.1, 0.15) is 12.0 Å². The third kappa shape index (κ3) is 2.19. The van der Waals surface area contributed by atoms with Gasteiger partial charge >= 0.3 is 0 Å². The lowest BCUT2D eigenvalue weighted by Crippen LogP contribution is -1.90. The molecule has 0 aromatic carbocycles. The van der Waals surface area contributed by atoms with Crippen LogP contribution in [0.4, 0.5) is 0 Å².